The summed E-state index contributed by atoms with van der Waals surface area (Å²) >= 11 is 0. The minimum absolute atomic E-state index is 0.0320. The zero-order chi connectivity index (χ0) is 21.1. The van der Waals surface area contributed by atoms with E-state index in [0.717, 1.165) is 19.3 Å². The number of hydrogen-bond acceptors (Lipinski definition) is 5. The van der Waals surface area contributed by atoms with Crippen LogP contribution in [0.5, 0.6) is 5.88 Å². The summed E-state index contributed by atoms with van der Waals surface area (Å²) in [6.45, 7) is 3.02. The second-order valence-corrected chi connectivity index (χ2v) is 7.93. The first-order valence-electron chi connectivity index (χ1n) is 10.6. The number of rotatable bonds is 7. The van der Waals surface area contributed by atoms with E-state index in [1.807, 2.05) is 0 Å². The van der Waals surface area contributed by atoms with Crippen LogP contribution < -0.4 is 9.64 Å². The van der Waals surface area contributed by atoms with E-state index in [4.69, 9.17) is 9.47 Å². The summed E-state index contributed by atoms with van der Waals surface area (Å²) in [7, 11) is 0. The van der Waals surface area contributed by atoms with E-state index in [-0.39, 0.29) is 30.1 Å². The number of anilines is 1. The molecule has 2 aromatic rings. The average molecular weight is 416 g/mol. The highest BCUT2D eigenvalue weighted by Crippen LogP contribution is 2.34. The van der Waals surface area contributed by atoms with Gasteiger partial charge >= 0.3 is 5.97 Å². The van der Waals surface area contributed by atoms with Crippen LogP contribution in [0.15, 0.2) is 30.3 Å². The molecule has 1 aliphatic carbocycles. The summed E-state index contributed by atoms with van der Waals surface area (Å²) in [4.78, 5) is 17.8. The zero-order valence-electron chi connectivity index (χ0n) is 17.1. The first-order chi connectivity index (χ1) is 14.5. The lowest BCUT2D eigenvalue weighted by Crippen LogP contribution is -2.25. The largest absolute Gasteiger partial charge is 0.474 e. The lowest BCUT2D eigenvalue weighted by atomic mass is 9.96. The first-order valence-corrected chi connectivity index (χ1v) is 10.6. The molecule has 30 heavy (non-hydrogen) atoms. The molecule has 4 rings (SSSR count). The van der Waals surface area contributed by atoms with Crippen molar-refractivity contribution in [3.05, 3.63) is 42.0 Å². The molecule has 1 aliphatic heterocycles. The van der Waals surface area contributed by atoms with Gasteiger partial charge in [-0.2, -0.15) is 0 Å². The van der Waals surface area contributed by atoms with Crippen molar-refractivity contribution >= 4 is 11.7 Å². The third-order valence-electron chi connectivity index (χ3n) is 5.74. The molecule has 0 radical (unpaired) electrons. The average Bonchev–Trinajstić information content (AvgIpc) is 3.12. The van der Waals surface area contributed by atoms with E-state index in [0.29, 0.717) is 43.3 Å². The Morgan fingerprint density at radius 1 is 1.20 bits per heavy atom. The maximum absolute atomic E-state index is 14.9. The molecule has 0 bridgehead atoms. The normalized spacial score (nSPS) is 18.9. The lowest BCUT2D eigenvalue weighted by molar-refractivity contribution is -0.144. The van der Waals surface area contributed by atoms with Gasteiger partial charge in [0.15, 0.2) is 0 Å². The fourth-order valence-electron chi connectivity index (χ4n) is 3.97. The van der Waals surface area contributed by atoms with E-state index in [9.17, 15) is 13.6 Å². The van der Waals surface area contributed by atoms with Crippen LogP contribution in [0.25, 0.3) is 11.3 Å². The second kappa shape index (κ2) is 8.98. The Bertz CT molecular complexity index is 894. The van der Waals surface area contributed by atoms with Crippen LogP contribution in [0.2, 0.25) is 0 Å². The van der Waals surface area contributed by atoms with Crippen molar-refractivity contribution in [1.82, 2.24) is 4.98 Å². The summed E-state index contributed by atoms with van der Waals surface area (Å²) in [5.74, 6) is -1.02. The van der Waals surface area contributed by atoms with Crippen LogP contribution in [0.1, 0.15) is 39.0 Å². The second-order valence-electron chi connectivity index (χ2n) is 7.93. The van der Waals surface area contributed by atoms with Gasteiger partial charge in [0.05, 0.1) is 18.7 Å². The number of benzene rings is 1. The molecule has 1 aromatic carbocycles. The van der Waals surface area contributed by atoms with E-state index < -0.39 is 11.6 Å². The van der Waals surface area contributed by atoms with Gasteiger partial charge in [-0.25, -0.2) is 13.8 Å². The van der Waals surface area contributed by atoms with Gasteiger partial charge in [-0.15, -0.1) is 0 Å². The lowest BCUT2D eigenvalue weighted by Gasteiger charge is -2.25. The molecule has 2 fully saturated rings. The molecule has 1 atom stereocenters. The van der Waals surface area contributed by atoms with Crippen LogP contribution >= 0.6 is 0 Å². The van der Waals surface area contributed by atoms with Crippen LogP contribution in [0.3, 0.4) is 0 Å². The molecule has 7 heteroatoms. The molecule has 1 saturated heterocycles. The van der Waals surface area contributed by atoms with Crippen molar-refractivity contribution in [1.29, 1.82) is 0 Å². The number of aromatic nitrogens is 1. The highest BCUT2D eigenvalue weighted by molar-refractivity contribution is 5.70. The maximum atomic E-state index is 14.9. The molecule has 0 spiro atoms. The van der Waals surface area contributed by atoms with Gasteiger partial charge in [0.1, 0.15) is 23.4 Å². The van der Waals surface area contributed by atoms with Crippen LogP contribution in [-0.2, 0) is 9.53 Å². The predicted molar refractivity (Wildman–Crippen MR) is 109 cm³/mol. The molecule has 1 unspecified atom stereocenters. The molecule has 1 aromatic heterocycles. The predicted octanol–water partition coefficient (Wildman–Crippen LogP) is 4.74. The third-order valence-corrected chi connectivity index (χ3v) is 5.74. The Kier molecular flexibility index (Phi) is 6.16. The van der Waals surface area contributed by atoms with Gasteiger partial charge in [0, 0.05) is 24.7 Å². The summed E-state index contributed by atoms with van der Waals surface area (Å²) in [5.41, 5.74) is 0.792. The number of carbonyl (C=O) groups excluding carboxylic acids is 1. The molecule has 5 nitrogen and oxygen atoms in total. The highest BCUT2D eigenvalue weighted by atomic mass is 19.1. The molecule has 0 N–H and O–H groups in total. The van der Waals surface area contributed by atoms with Crippen molar-refractivity contribution in [2.45, 2.75) is 45.1 Å². The quantitative estimate of drug-likeness (QED) is 0.611. The molecule has 1 saturated carbocycles. The smallest absolute Gasteiger partial charge is 0.306 e. The number of ether oxygens (including phenoxy) is 2. The fourth-order valence-corrected chi connectivity index (χ4v) is 3.97. The topological polar surface area (TPSA) is 51.7 Å². The van der Waals surface area contributed by atoms with Gasteiger partial charge in [0.2, 0.25) is 5.88 Å². The molecular formula is C23H26F2N2O3. The molecule has 160 valence electrons. The summed E-state index contributed by atoms with van der Waals surface area (Å²) in [6.07, 6.45) is 4.32. The van der Waals surface area contributed by atoms with Crippen molar-refractivity contribution in [2.75, 3.05) is 24.6 Å². The molecule has 2 heterocycles. The van der Waals surface area contributed by atoms with Gasteiger partial charge in [0.25, 0.3) is 0 Å². The van der Waals surface area contributed by atoms with Crippen LogP contribution in [-0.4, -0.2) is 36.8 Å². The van der Waals surface area contributed by atoms with Gasteiger partial charge in [-0.1, -0.05) is 6.07 Å². The maximum Gasteiger partial charge on any atom is 0.306 e. The third kappa shape index (κ3) is 4.55. The number of esters is 1. The van der Waals surface area contributed by atoms with Crippen LogP contribution in [0.4, 0.5) is 14.5 Å². The Labute approximate surface area is 175 Å². The highest BCUT2D eigenvalue weighted by Gasteiger charge is 2.29. The van der Waals surface area contributed by atoms with E-state index in [1.54, 1.807) is 30.0 Å². The van der Waals surface area contributed by atoms with E-state index in [2.05, 4.69) is 4.98 Å². The zero-order valence-corrected chi connectivity index (χ0v) is 17.1. The number of nitrogens with zero attached hydrogens (tertiary/aromatic N) is 2. The van der Waals surface area contributed by atoms with Crippen molar-refractivity contribution in [3.8, 4) is 17.1 Å². The summed E-state index contributed by atoms with van der Waals surface area (Å²) in [5, 5.41) is 0. The van der Waals surface area contributed by atoms with Gasteiger partial charge < -0.3 is 14.4 Å². The number of pyridine rings is 1. The summed E-state index contributed by atoms with van der Waals surface area (Å²) < 4.78 is 40.6. The minimum Gasteiger partial charge on any atom is -0.474 e. The number of hydrogen-bond donors (Lipinski definition) is 0. The monoisotopic (exact) mass is 416 g/mol. The van der Waals surface area contributed by atoms with Crippen molar-refractivity contribution in [2.24, 2.45) is 5.92 Å². The Morgan fingerprint density at radius 2 is 1.97 bits per heavy atom. The Balaban J connectivity index is 1.49. The number of carbonyl (C=O) groups is 1. The SMILES string of the molecule is CCOC(=O)CC1CCN(c2c(F)cc(-c3cccc(OC4CCC4)n3)cc2F)C1. The fraction of sp³-hybridized carbons (Fsp3) is 0.478. The van der Waals surface area contributed by atoms with E-state index in [1.165, 1.54) is 12.1 Å². The van der Waals surface area contributed by atoms with Crippen molar-refractivity contribution < 1.29 is 23.0 Å². The van der Waals surface area contributed by atoms with Crippen LogP contribution in [0, 0.1) is 17.6 Å². The first kappa shape index (κ1) is 20.6. The van der Waals surface area contributed by atoms with E-state index >= 15 is 0 Å². The number of halogens is 2. The molecule has 0 amide bonds. The standard InChI is InChI=1S/C23H26F2N2O3/c1-2-29-22(28)11-15-9-10-27(14-15)23-18(24)12-16(13-19(23)25)20-7-4-8-21(26-20)30-17-5-3-6-17/h4,7-8,12-13,15,17H,2-3,5-6,9-11,14H2,1H3. The Morgan fingerprint density at radius 3 is 2.63 bits per heavy atom. The van der Waals surface area contributed by atoms with Crippen molar-refractivity contribution in [3.63, 3.8) is 0 Å². The minimum atomic E-state index is -0.631. The molecule has 2 aliphatic rings. The Hall–Kier alpha value is -2.70. The molecular weight excluding hydrogens is 390 g/mol. The van der Waals surface area contributed by atoms with Gasteiger partial charge in [-0.3, -0.25) is 4.79 Å². The summed E-state index contributed by atoms with van der Waals surface area (Å²) in [6, 6.07) is 7.88. The van der Waals surface area contributed by atoms with Gasteiger partial charge in [-0.05, 0) is 56.7 Å².